The van der Waals surface area contributed by atoms with Crippen LogP contribution in [-0.2, 0) is 11.2 Å². The molecule has 2 N–H and O–H groups in total. The molecule has 3 aromatic rings. The number of rotatable bonds is 5. The van der Waals surface area contributed by atoms with Crippen LogP contribution in [0.4, 0.5) is 5.82 Å². The van der Waals surface area contributed by atoms with Crippen molar-refractivity contribution in [3.8, 4) is 17.4 Å². The predicted octanol–water partition coefficient (Wildman–Crippen LogP) is 4.24. The number of amides is 1. The maximum Gasteiger partial charge on any atom is 0.255 e. The Balaban J connectivity index is 1.39. The Hall–Kier alpha value is -3.16. The molecule has 0 unspecified atom stereocenters. The summed E-state index contributed by atoms with van der Waals surface area (Å²) < 4.78 is 7.05. The average Bonchev–Trinajstić information content (AvgIpc) is 3.42. The van der Waals surface area contributed by atoms with Gasteiger partial charge in [0, 0.05) is 17.3 Å². The second-order valence-corrected chi connectivity index (χ2v) is 10.3. The number of carbonyl (C=O) groups excluding carboxylic acids is 1. The molecule has 3 aromatic heterocycles. The summed E-state index contributed by atoms with van der Waals surface area (Å²) in [7, 11) is 0. The van der Waals surface area contributed by atoms with Crippen LogP contribution >= 0.6 is 0 Å². The zero-order chi connectivity index (χ0) is 22.7. The van der Waals surface area contributed by atoms with E-state index in [-0.39, 0.29) is 22.8 Å². The SMILES string of the molecule is CCc1c(C)nc(-n2nc(-c3ccco3)cc2NC(=O)C23CC4CC(CC(C4)C2)C3)[nH]c1=O. The fraction of sp³-hybridized carbons (Fsp3) is 0.520. The van der Waals surface area contributed by atoms with Gasteiger partial charge in [-0.1, -0.05) is 6.92 Å². The molecule has 4 bridgehead atoms. The number of nitrogens with zero attached hydrogens (tertiary/aromatic N) is 3. The molecule has 0 radical (unpaired) electrons. The van der Waals surface area contributed by atoms with Crippen molar-refractivity contribution in [1.29, 1.82) is 0 Å². The van der Waals surface area contributed by atoms with E-state index in [0.29, 0.717) is 52.7 Å². The largest absolute Gasteiger partial charge is 0.463 e. The highest BCUT2D eigenvalue weighted by Crippen LogP contribution is 2.60. The molecule has 0 aliphatic heterocycles. The van der Waals surface area contributed by atoms with Crippen molar-refractivity contribution in [3.05, 3.63) is 46.1 Å². The Morgan fingerprint density at radius 1 is 1.24 bits per heavy atom. The minimum atomic E-state index is -0.294. The first-order valence-corrected chi connectivity index (χ1v) is 12.0. The highest BCUT2D eigenvalue weighted by atomic mass is 16.3. The molecule has 1 amide bonds. The van der Waals surface area contributed by atoms with Crippen LogP contribution in [-0.4, -0.2) is 25.7 Å². The average molecular weight is 448 g/mol. The Bertz CT molecular complexity index is 1230. The summed E-state index contributed by atoms with van der Waals surface area (Å²) in [6.07, 6.45) is 8.95. The quantitative estimate of drug-likeness (QED) is 0.608. The summed E-state index contributed by atoms with van der Waals surface area (Å²) in [4.78, 5) is 33.8. The van der Waals surface area contributed by atoms with Crippen LogP contribution in [0.2, 0.25) is 0 Å². The number of aryl methyl sites for hydroxylation is 1. The van der Waals surface area contributed by atoms with E-state index in [1.165, 1.54) is 23.9 Å². The smallest absolute Gasteiger partial charge is 0.255 e. The van der Waals surface area contributed by atoms with Gasteiger partial charge in [-0.2, -0.15) is 9.78 Å². The lowest BCUT2D eigenvalue weighted by Gasteiger charge is -2.55. The second kappa shape index (κ2) is 7.43. The maximum absolute atomic E-state index is 13.7. The standard InChI is InChI=1S/C25H29N5O3/c1-3-18-14(2)26-24(28-22(18)31)30-21(10-19(29-30)20-5-4-6-33-20)27-23(32)25-11-15-7-16(12-25)9-17(8-15)13-25/h4-6,10,15-17H,3,7-9,11-13H2,1-2H3,(H,27,32)(H,26,28,31). The summed E-state index contributed by atoms with van der Waals surface area (Å²) in [5, 5.41) is 7.81. The fourth-order valence-corrected chi connectivity index (χ4v) is 6.93. The zero-order valence-corrected chi connectivity index (χ0v) is 19.1. The number of anilines is 1. The van der Waals surface area contributed by atoms with E-state index >= 15 is 0 Å². The number of aromatic amines is 1. The molecular formula is C25H29N5O3. The van der Waals surface area contributed by atoms with Crippen LogP contribution in [0, 0.1) is 30.1 Å². The zero-order valence-electron chi connectivity index (χ0n) is 19.1. The third kappa shape index (κ3) is 3.34. The summed E-state index contributed by atoms with van der Waals surface area (Å²) in [6.45, 7) is 3.75. The van der Waals surface area contributed by atoms with Gasteiger partial charge in [0.15, 0.2) is 5.76 Å². The third-order valence-electron chi connectivity index (χ3n) is 8.01. The van der Waals surface area contributed by atoms with Gasteiger partial charge in [0.2, 0.25) is 11.9 Å². The molecule has 4 aliphatic rings. The van der Waals surface area contributed by atoms with Crippen molar-refractivity contribution >= 4 is 11.7 Å². The van der Waals surface area contributed by atoms with E-state index in [1.807, 2.05) is 19.9 Å². The fourth-order valence-electron chi connectivity index (χ4n) is 6.93. The molecule has 0 saturated heterocycles. The molecular weight excluding hydrogens is 418 g/mol. The van der Waals surface area contributed by atoms with Crippen molar-refractivity contribution < 1.29 is 9.21 Å². The number of furan rings is 1. The van der Waals surface area contributed by atoms with Gasteiger partial charge in [-0.15, -0.1) is 0 Å². The lowest BCUT2D eigenvalue weighted by Crippen LogP contribution is -2.51. The molecule has 4 aliphatic carbocycles. The van der Waals surface area contributed by atoms with Crippen LogP contribution in [0.3, 0.4) is 0 Å². The van der Waals surface area contributed by atoms with Gasteiger partial charge in [-0.3, -0.25) is 14.6 Å². The van der Waals surface area contributed by atoms with Gasteiger partial charge in [0.25, 0.3) is 5.56 Å². The van der Waals surface area contributed by atoms with Crippen molar-refractivity contribution in [3.63, 3.8) is 0 Å². The summed E-state index contributed by atoms with van der Waals surface area (Å²) in [6, 6.07) is 5.40. The molecule has 4 saturated carbocycles. The molecule has 0 aromatic carbocycles. The molecule has 3 heterocycles. The van der Waals surface area contributed by atoms with Gasteiger partial charge in [-0.05, 0) is 81.8 Å². The van der Waals surface area contributed by atoms with E-state index in [1.54, 1.807) is 18.4 Å². The first kappa shape index (κ1) is 20.4. The first-order valence-electron chi connectivity index (χ1n) is 12.0. The van der Waals surface area contributed by atoms with E-state index in [2.05, 4.69) is 20.4 Å². The van der Waals surface area contributed by atoms with Gasteiger partial charge in [-0.25, -0.2) is 4.98 Å². The number of nitrogens with one attached hydrogen (secondary N) is 2. The number of aromatic nitrogens is 4. The van der Waals surface area contributed by atoms with Crippen molar-refractivity contribution in [2.24, 2.45) is 23.2 Å². The number of H-pyrrole nitrogens is 1. The highest BCUT2D eigenvalue weighted by molar-refractivity contribution is 5.95. The minimum Gasteiger partial charge on any atom is -0.463 e. The lowest BCUT2D eigenvalue weighted by atomic mass is 9.49. The summed E-state index contributed by atoms with van der Waals surface area (Å²) in [5.41, 5.74) is 1.40. The van der Waals surface area contributed by atoms with E-state index in [9.17, 15) is 9.59 Å². The van der Waals surface area contributed by atoms with Crippen LogP contribution in [0.25, 0.3) is 17.4 Å². The van der Waals surface area contributed by atoms with Gasteiger partial charge < -0.3 is 9.73 Å². The number of carbonyl (C=O) groups is 1. The lowest BCUT2D eigenvalue weighted by molar-refractivity contribution is -0.140. The monoisotopic (exact) mass is 447 g/mol. The van der Waals surface area contributed by atoms with Crippen LogP contribution in [0.5, 0.6) is 0 Å². The predicted molar refractivity (Wildman–Crippen MR) is 123 cm³/mol. The second-order valence-electron chi connectivity index (χ2n) is 10.3. The summed E-state index contributed by atoms with van der Waals surface area (Å²) in [5.74, 6) is 3.46. The van der Waals surface area contributed by atoms with E-state index < -0.39 is 0 Å². The molecule has 0 atom stereocenters. The minimum absolute atomic E-state index is 0.0676. The highest BCUT2D eigenvalue weighted by Gasteiger charge is 2.54. The molecule has 4 fully saturated rings. The van der Waals surface area contributed by atoms with Crippen molar-refractivity contribution in [2.45, 2.75) is 58.8 Å². The Labute approximate surface area is 191 Å². The molecule has 7 rings (SSSR count). The topological polar surface area (TPSA) is 106 Å². The Morgan fingerprint density at radius 2 is 1.94 bits per heavy atom. The molecule has 172 valence electrons. The maximum atomic E-state index is 13.7. The van der Waals surface area contributed by atoms with Crippen LogP contribution < -0.4 is 10.9 Å². The normalized spacial score (nSPS) is 27.8. The number of hydrogen-bond donors (Lipinski definition) is 2. The number of hydrogen-bond acceptors (Lipinski definition) is 5. The molecule has 33 heavy (non-hydrogen) atoms. The Kier molecular flexibility index (Phi) is 4.61. The molecule has 8 nitrogen and oxygen atoms in total. The third-order valence-corrected chi connectivity index (χ3v) is 8.01. The van der Waals surface area contributed by atoms with Crippen molar-refractivity contribution in [1.82, 2.24) is 19.7 Å². The Morgan fingerprint density at radius 3 is 2.52 bits per heavy atom. The molecule has 0 spiro atoms. The van der Waals surface area contributed by atoms with E-state index in [0.717, 1.165) is 19.3 Å². The summed E-state index contributed by atoms with van der Waals surface area (Å²) >= 11 is 0. The van der Waals surface area contributed by atoms with Gasteiger partial charge in [0.1, 0.15) is 11.5 Å². The molecule has 8 heteroatoms. The van der Waals surface area contributed by atoms with Crippen molar-refractivity contribution in [2.75, 3.05) is 5.32 Å². The van der Waals surface area contributed by atoms with Gasteiger partial charge >= 0.3 is 0 Å². The van der Waals surface area contributed by atoms with Crippen LogP contribution in [0.1, 0.15) is 56.7 Å². The van der Waals surface area contributed by atoms with Gasteiger partial charge in [0.05, 0.1) is 11.7 Å². The van der Waals surface area contributed by atoms with E-state index in [4.69, 9.17) is 4.42 Å². The first-order chi connectivity index (χ1) is 15.9. The van der Waals surface area contributed by atoms with Crippen LogP contribution in [0.15, 0.2) is 33.7 Å².